The molecule has 126 valence electrons. The van der Waals surface area contributed by atoms with E-state index in [1.165, 1.54) is 0 Å². The molecule has 1 N–H and O–H groups in total. The molecule has 0 radical (unpaired) electrons. The van der Waals surface area contributed by atoms with Gasteiger partial charge in [-0.2, -0.15) is 0 Å². The third-order valence-electron chi connectivity index (χ3n) is 4.10. The Morgan fingerprint density at radius 2 is 2.17 bits per heavy atom. The molecule has 0 aromatic heterocycles. The summed E-state index contributed by atoms with van der Waals surface area (Å²) in [5.41, 5.74) is 2.13. The van der Waals surface area contributed by atoms with Gasteiger partial charge in [-0.05, 0) is 48.2 Å². The Morgan fingerprint density at radius 3 is 3.00 bits per heavy atom. The van der Waals surface area contributed by atoms with E-state index in [2.05, 4.69) is 5.32 Å². The van der Waals surface area contributed by atoms with Gasteiger partial charge < -0.3 is 14.8 Å². The number of nitrogens with one attached hydrogen (secondary N) is 1. The normalized spacial score (nSPS) is 15.5. The number of para-hydroxylation sites is 1. The summed E-state index contributed by atoms with van der Waals surface area (Å²) < 4.78 is 11.0. The summed E-state index contributed by atoms with van der Waals surface area (Å²) in [5, 5.41) is 3.61. The van der Waals surface area contributed by atoms with Gasteiger partial charge in [0, 0.05) is 18.0 Å². The number of carbonyl (C=O) groups is 1. The number of hydrogen-bond donors (Lipinski definition) is 1. The number of fused-ring (bicyclic) bond motifs is 1. The zero-order valence-corrected chi connectivity index (χ0v) is 14.3. The number of hydrogen-bond acceptors (Lipinski definition) is 3. The Bertz CT molecular complexity index is 732. The van der Waals surface area contributed by atoms with Crippen molar-refractivity contribution in [1.29, 1.82) is 0 Å². The van der Waals surface area contributed by atoms with E-state index in [1.54, 1.807) is 13.2 Å². The standard InChI is InChI=1S/C19H20ClNO3/c1-23-16-7-3-2-5-13(16)6-4-10-21-19(22)18-12-14-11-15(20)8-9-17(14)24-18/h2-3,5,7-9,11,18H,4,6,10,12H2,1H3,(H,21,22). The highest BCUT2D eigenvalue weighted by molar-refractivity contribution is 6.30. The highest BCUT2D eigenvalue weighted by Crippen LogP contribution is 2.31. The van der Waals surface area contributed by atoms with Crippen LogP contribution < -0.4 is 14.8 Å². The topological polar surface area (TPSA) is 47.6 Å². The molecule has 0 bridgehead atoms. The fourth-order valence-electron chi connectivity index (χ4n) is 2.88. The molecule has 0 aliphatic carbocycles. The Morgan fingerprint density at radius 1 is 1.33 bits per heavy atom. The molecule has 0 saturated carbocycles. The molecule has 2 aromatic rings. The quantitative estimate of drug-likeness (QED) is 0.816. The van der Waals surface area contributed by atoms with Crippen molar-refractivity contribution < 1.29 is 14.3 Å². The van der Waals surface area contributed by atoms with E-state index in [1.807, 2.05) is 36.4 Å². The molecule has 0 fully saturated rings. The second-order valence-corrected chi connectivity index (χ2v) is 6.21. The molecule has 4 nitrogen and oxygen atoms in total. The first-order chi connectivity index (χ1) is 11.7. The predicted octanol–water partition coefficient (Wildman–Crippen LogP) is 3.40. The van der Waals surface area contributed by atoms with Gasteiger partial charge in [0.15, 0.2) is 6.10 Å². The molecule has 1 amide bonds. The molecule has 2 aromatic carbocycles. The van der Waals surface area contributed by atoms with Gasteiger partial charge in [-0.3, -0.25) is 4.79 Å². The fourth-order valence-corrected chi connectivity index (χ4v) is 3.07. The van der Waals surface area contributed by atoms with Crippen LogP contribution in [0.1, 0.15) is 17.5 Å². The largest absolute Gasteiger partial charge is 0.496 e. The molecule has 1 aliphatic rings. The average molecular weight is 346 g/mol. The summed E-state index contributed by atoms with van der Waals surface area (Å²) >= 11 is 5.97. The maximum absolute atomic E-state index is 12.2. The number of methoxy groups -OCH3 is 1. The molecule has 1 aliphatic heterocycles. The van der Waals surface area contributed by atoms with Crippen LogP contribution in [0.2, 0.25) is 5.02 Å². The number of carbonyl (C=O) groups excluding carboxylic acids is 1. The smallest absolute Gasteiger partial charge is 0.261 e. The summed E-state index contributed by atoms with van der Waals surface area (Å²) in [6.07, 6.45) is 1.79. The van der Waals surface area contributed by atoms with Crippen LogP contribution in [0.5, 0.6) is 11.5 Å². The van der Waals surface area contributed by atoms with Crippen LogP contribution >= 0.6 is 11.6 Å². The third-order valence-corrected chi connectivity index (χ3v) is 4.34. The second kappa shape index (κ2) is 7.58. The maximum Gasteiger partial charge on any atom is 0.261 e. The van der Waals surface area contributed by atoms with E-state index < -0.39 is 6.10 Å². The second-order valence-electron chi connectivity index (χ2n) is 5.77. The Balaban J connectivity index is 1.45. The van der Waals surface area contributed by atoms with Crippen molar-refractivity contribution in [3.05, 3.63) is 58.6 Å². The number of benzene rings is 2. The lowest BCUT2D eigenvalue weighted by molar-refractivity contribution is -0.127. The minimum atomic E-state index is -0.468. The van der Waals surface area contributed by atoms with E-state index >= 15 is 0 Å². The molecule has 0 spiro atoms. The molecule has 1 unspecified atom stereocenters. The van der Waals surface area contributed by atoms with Crippen molar-refractivity contribution in [2.24, 2.45) is 0 Å². The summed E-state index contributed by atoms with van der Waals surface area (Å²) in [4.78, 5) is 12.2. The molecule has 1 heterocycles. The zero-order chi connectivity index (χ0) is 16.9. The van der Waals surface area contributed by atoms with Gasteiger partial charge in [0.05, 0.1) is 7.11 Å². The van der Waals surface area contributed by atoms with Gasteiger partial charge in [0.2, 0.25) is 0 Å². The molecule has 1 atom stereocenters. The van der Waals surface area contributed by atoms with Gasteiger partial charge >= 0.3 is 0 Å². The molecule has 0 saturated heterocycles. The van der Waals surface area contributed by atoms with Crippen LogP contribution in [0.3, 0.4) is 0 Å². The highest BCUT2D eigenvalue weighted by Gasteiger charge is 2.28. The summed E-state index contributed by atoms with van der Waals surface area (Å²) in [7, 11) is 1.67. The number of rotatable bonds is 6. The fraction of sp³-hybridized carbons (Fsp3) is 0.316. The van der Waals surface area contributed by atoms with Crippen molar-refractivity contribution in [2.45, 2.75) is 25.4 Å². The third kappa shape index (κ3) is 3.82. The summed E-state index contributed by atoms with van der Waals surface area (Å²) in [6.45, 7) is 0.605. The van der Waals surface area contributed by atoms with Crippen LogP contribution in [0, 0.1) is 0 Å². The summed E-state index contributed by atoms with van der Waals surface area (Å²) in [5.74, 6) is 1.55. The number of aryl methyl sites for hydroxylation is 1. The monoisotopic (exact) mass is 345 g/mol. The van der Waals surface area contributed by atoms with Gasteiger partial charge in [0.25, 0.3) is 5.91 Å². The van der Waals surface area contributed by atoms with E-state index in [9.17, 15) is 4.79 Å². The van der Waals surface area contributed by atoms with Gasteiger partial charge in [0.1, 0.15) is 11.5 Å². The Kier molecular flexibility index (Phi) is 5.26. The van der Waals surface area contributed by atoms with Gasteiger partial charge in [-0.25, -0.2) is 0 Å². The van der Waals surface area contributed by atoms with E-state index in [0.29, 0.717) is 18.0 Å². The van der Waals surface area contributed by atoms with Crippen LogP contribution in [-0.4, -0.2) is 25.7 Å². The SMILES string of the molecule is COc1ccccc1CCCNC(=O)C1Cc2cc(Cl)ccc2O1. The molecule has 3 rings (SSSR count). The first-order valence-corrected chi connectivity index (χ1v) is 8.40. The lowest BCUT2D eigenvalue weighted by Gasteiger charge is -2.12. The van der Waals surface area contributed by atoms with E-state index in [4.69, 9.17) is 21.1 Å². The average Bonchev–Trinajstić information content (AvgIpc) is 3.02. The van der Waals surface area contributed by atoms with E-state index in [-0.39, 0.29) is 5.91 Å². The minimum absolute atomic E-state index is 0.0812. The van der Waals surface area contributed by atoms with E-state index in [0.717, 1.165) is 35.5 Å². The van der Waals surface area contributed by atoms with Crippen molar-refractivity contribution >= 4 is 17.5 Å². The molecular formula is C19H20ClNO3. The first kappa shape index (κ1) is 16.7. The molecule has 24 heavy (non-hydrogen) atoms. The zero-order valence-electron chi connectivity index (χ0n) is 13.5. The van der Waals surface area contributed by atoms with Crippen molar-refractivity contribution in [3.8, 4) is 11.5 Å². The van der Waals surface area contributed by atoms with Crippen molar-refractivity contribution in [1.82, 2.24) is 5.32 Å². The number of ether oxygens (including phenoxy) is 2. The number of halogens is 1. The van der Waals surface area contributed by atoms with Gasteiger partial charge in [-0.1, -0.05) is 29.8 Å². The maximum atomic E-state index is 12.2. The minimum Gasteiger partial charge on any atom is -0.496 e. The Labute approximate surface area is 146 Å². The molecule has 5 heteroatoms. The summed E-state index contributed by atoms with van der Waals surface area (Å²) in [6, 6.07) is 13.4. The van der Waals surface area contributed by atoms with Crippen LogP contribution in [-0.2, 0) is 17.6 Å². The first-order valence-electron chi connectivity index (χ1n) is 8.02. The lowest BCUT2D eigenvalue weighted by Crippen LogP contribution is -2.38. The number of amides is 1. The molecular weight excluding hydrogens is 326 g/mol. The highest BCUT2D eigenvalue weighted by atomic mass is 35.5. The predicted molar refractivity (Wildman–Crippen MR) is 93.9 cm³/mol. The van der Waals surface area contributed by atoms with Gasteiger partial charge in [-0.15, -0.1) is 0 Å². The van der Waals surface area contributed by atoms with Crippen LogP contribution in [0.25, 0.3) is 0 Å². The van der Waals surface area contributed by atoms with Crippen molar-refractivity contribution in [3.63, 3.8) is 0 Å². The Hall–Kier alpha value is -2.20. The lowest BCUT2D eigenvalue weighted by atomic mass is 10.1. The van der Waals surface area contributed by atoms with Crippen LogP contribution in [0.15, 0.2) is 42.5 Å². The van der Waals surface area contributed by atoms with Crippen LogP contribution in [0.4, 0.5) is 0 Å². The van der Waals surface area contributed by atoms with Crippen molar-refractivity contribution in [2.75, 3.05) is 13.7 Å².